The molecule has 1 atom stereocenters. The predicted molar refractivity (Wildman–Crippen MR) is 63.9 cm³/mol. The highest BCUT2D eigenvalue weighted by molar-refractivity contribution is 4.73. The molecule has 0 aliphatic carbocycles. The van der Waals surface area contributed by atoms with Crippen LogP contribution in [0.5, 0.6) is 0 Å². The molecule has 3 nitrogen and oxygen atoms in total. The fourth-order valence-corrected chi connectivity index (χ4v) is 2.03. The van der Waals surface area contributed by atoms with E-state index < -0.39 is 0 Å². The van der Waals surface area contributed by atoms with Crippen LogP contribution in [0.4, 0.5) is 0 Å². The third-order valence-corrected chi connectivity index (χ3v) is 2.88. The number of hydrogen-bond acceptors (Lipinski definition) is 3. The molecule has 0 aromatic heterocycles. The summed E-state index contributed by atoms with van der Waals surface area (Å²) in [4.78, 5) is 2.48. The topological polar surface area (TPSA) is 38.5 Å². The van der Waals surface area contributed by atoms with Crippen molar-refractivity contribution in [1.29, 1.82) is 0 Å². The highest BCUT2D eigenvalue weighted by atomic mass is 16.5. The SMILES string of the molecule is CC(C)(C)OCCN1CCCC(CN)C1. The number of nitrogens with two attached hydrogens (primary N) is 1. The van der Waals surface area contributed by atoms with E-state index in [1.807, 2.05) is 0 Å². The highest BCUT2D eigenvalue weighted by Crippen LogP contribution is 2.15. The lowest BCUT2D eigenvalue weighted by molar-refractivity contribution is -0.0168. The Hall–Kier alpha value is -0.120. The summed E-state index contributed by atoms with van der Waals surface area (Å²) in [5, 5.41) is 0. The zero-order chi connectivity index (χ0) is 11.3. The standard InChI is InChI=1S/C12H26N2O/c1-12(2,3)15-8-7-14-6-4-5-11(9-13)10-14/h11H,4-10,13H2,1-3H3. The molecular formula is C12H26N2O. The molecule has 15 heavy (non-hydrogen) atoms. The van der Waals surface area contributed by atoms with Crippen LogP contribution in [-0.4, -0.2) is 43.3 Å². The third-order valence-electron chi connectivity index (χ3n) is 2.88. The summed E-state index contributed by atoms with van der Waals surface area (Å²) in [6.45, 7) is 11.4. The second-order valence-electron chi connectivity index (χ2n) is 5.51. The summed E-state index contributed by atoms with van der Waals surface area (Å²) in [5.41, 5.74) is 5.69. The minimum absolute atomic E-state index is 0.0109. The molecule has 0 radical (unpaired) electrons. The van der Waals surface area contributed by atoms with Crippen LogP contribution in [0.15, 0.2) is 0 Å². The van der Waals surface area contributed by atoms with Gasteiger partial charge in [-0.05, 0) is 52.6 Å². The molecule has 0 spiro atoms. The monoisotopic (exact) mass is 214 g/mol. The van der Waals surface area contributed by atoms with Crippen molar-refractivity contribution in [1.82, 2.24) is 4.90 Å². The summed E-state index contributed by atoms with van der Waals surface area (Å²) in [7, 11) is 0. The summed E-state index contributed by atoms with van der Waals surface area (Å²) < 4.78 is 5.73. The van der Waals surface area contributed by atoms with Crippen LogP contribution in [0.3, 0.4) is 0 Å². The van der Waals surface area contributed by atoms with Crippen LogP contribution in [0.1, 0.15) is 33.6 Å². The normalized spacial score (nSPS) is 24.4. The highest BCUT2D eigenvalue weighted by Gasteiger charge is 2.19. The van der Waals surface area contributed by atoms with E-state index in [0.717, 1.165) is 26.2 Å². The molecule has 0 aromatic carbocycles. The molecule has 1 heterocycles. The fraction of sp³-hybridized carbons (Fsp3) is 1.00. The average molecular weight is 214 g/mol. The molecule has 1 aliphatic rings. The molecule has 0 amide bonds. The van der Waals surface area contributed by atoms with Gasteiger partial charge in [-0.25, -0.2) is 0 Å². The Kier molecular flexibility index (Phi) is 5.03. The van der Waals surface area contributed by atoms with Crippen LogP contribution in [0.2, 0.25) is 0 Å². The van der Waals surface area contributed by atoms with Gasteiger partial charge in [0.15, 0.2) is 0 Å². The van der Waals surface area contributed by atoms with Crippen molar-refractivity contribution in [2.24, 2.45) is 11.7 Å². The maximum absolute atomic E-state index is 5.73. The predicted octanol–water partition coefficient (Wildman–Crippen LogP) is 1.47. The molecule has 1 rings (SSSR count). The molecule has 0 aromatic rings. The second kappa shape index (κ2) is 5.83. The molecule has 1 fully saturated rings. The van der Waals surface area contributed by atoms with Crippen LogP contribution < -0.4 is 5.73 Å². The Morgan fingerprint density at radius 3 is 2.73 bits per heavy atom. The fourth-order valence-electron chi connectivity index (χ4n) is 2.03. The van der Waals surface area contributed by atoms with Gasteiger partial charge in [-0.2, -0.15) is 0 Å². The van der Waals surface area contributed by atoms with E-state index in [1.54, 1.807) is 0 Å². The molecule has 3 heteroatoms. The van der Waals surface area contributed by atoms with E-state index in [9.17, 15) is 0 Å². The number of likely N-dealkylation sites (tertiary alicyclic amines) is 1. The summed E-state index contributed by atoms with van der Waals surface area (Å²) >= 11 is 0. The maximum atomic E-state index is 5.73. The first-order valence-corrected chi connectivity index (χ1v) is 6.07. The van der Waals surface area contributed by atoms with Crippen molar-refractivity contribution < 1.29 is 4.74 Å². The van der Waals surface area contributed by atoms with Gasteiger partial charge in [0.05, 0.1) is 12.2 Å². The maximum Gasteiger partial charge on any atom is 0.0600 e. The van der Waals surface area contributed by atoms with Crippen molar-refractivity contribution >= 4 is 0 Å². The Morgan fingerprint density at radius 1 is 1.40 bits per heavy atom. The number of rotatable bonds is 4. The van der Waals surface area contributed by atoms with Gasteiger partial charge in [0.2, 0.25) is 0 Å². The molecule has 1 unspecified atom stereocenters. The lowest BCUT2D eigenvalue weighted by Crippen LogP contribution is -2.40. The van der Waals surface area contributed by atoms with E-state index in [4.69, 9.17) is 10.5 Å². The first-order chi connectivity index (χ1) is 7.01. The summed E-state index contributed by atoms with van der Waals surface area (Å²) in [6.07, 6.45) is 2.59. The van der Waals surface area contributed by atoms with Crippen molar-refractivity contribution in [2.45, 2.75) is 39.2 Å². The average Bonchev–Trinajstić information content (AvgIpc) is 2.16. The van der Waals surface area contributed by atoms with E-state index in [1.165, 1.54) is 19.4 Å². The molecule has 0 saturated carbocycles. The zero-order valence-corrected chi connectivity index (χ0v) is 10.5. The number of hydrogen-bond donors (Lipinski definition) is 1. The molecule has 90 valence electrons. The minimum Gasteiger partial charge on any atom is -0.375 e. The van der Waals surface area contributed by atoms with Crippen molar-refractivity contribution in [2.75, 3.05) is 32.8 Å². The minimum atomic E-state index is -0.0109. The lowest BCUT2D eigenvalue weighted by atomic mass is 9.98. The lowest BCUT2D eigenvalue weighted by Gasteiger charge is -2.32. The van der Waals surface area contributed by atoms with Gasteiger partial charge in [-0.15, -0.1) is 0 Å². The molecule has 2 N–H and O–H groups in total. The Balaban J connectivity index is 2.15. The van der Waals surface area contributed by atoms with Crippen molar-refractivity contribution in [3.05, 3.63) is 0 Å². The summed E-state index contributed by atoms with van der Waals surface area (Å²) in [5.74, 6) is 0.702. The van der Waals surface area contributed by atoms with Gasteiger partial charge in [0.25, 0.3) is 0 Å². The number of ether oxygens (including phenoxy) is 1. The van der Waals surface area contributed by atoms with Gasteiger partial charge in [0.1, 0.15) is 0 Å². The first kappa shape index (κ1) is 12.9. The molecular weight excluding hydrogens is 188 g/mol. The smallest absolute Gasteiger partial charge is 0.0600 e. The van der Waals surface area contributed by atoms with Gasteiger partial charge in [-0.1, -0.05) is 0 Å². The van der Waals surface area contributed by atoms with Gasteiger partial charge >= 0.3 is 0 Å². The quantitative estimate of drug-likeness (QED) is 0.770. The number of nitrogens with zero attached hydrogens (tertiary/aromatic N) is 1. The van der Waals surface area contributed by atoms with Crippen LogP contribution in [-0.2, 0) is 4.74 Å². The van der Waals surface area contributed by atoms with Crippen LogP contribution in [0, 0.1) is 5.92 Å². The molecule has 1 aliphatic heterocycles. The Labute approximate surface area is 94.0 Å². The van der Waals surface area contributed by atoms with Crippen molar-refractivity contribution in [3.8, 4) is 0 Å². The molecule has 1 saturated heterocycles. The summed E-state index contributed by atoms with van der Waals surface area (Å²) in [6, 6.07) is 0. The van der Waals surface area contributed by atoms with Crippen LogP contribution in [0.25, 0.3) is 0 Å². The van der Waals surface area contributed by atoms with Gasteiger partial charge in [-0.3, -0.25) is 0 Å². The first-order valence-electron chi connectivity index (χ1n) is 6.07. The van der Waals surface area contributed by atoms with E-state index >= 15 is 0 Å². The van der Waals surface area contributed by atoms with Crippen molar-refractivity contribution in [3.63, 3.8) is 0 Å². The van der Waals surface area contributed by atoms with Gasteiger partial charge < -0.3 is 15.4 Å². The second-order valence-corrected chi connectivity index (χ2v) is 5.51. The largest absolute Gasteiger partial charge is 0.375 e. The zero-order valence-electron chi connectivity index (χ0n) is 10.5. The van der Waals surface area contributed by atoms with Gasteiger partial charge in [0, 0.05) is 13.1 Å². The van der Waals surface area contributed by atoms with E-state index in [0.29, 0.717) is 5.92 Å². The number of piperidine rings is 1. The van der Waals surface area contributed by atoms with E-state index in [2.05, 4.69) is 25.7 Å². The van der Waals surface area contributed by atoms with E-state index in [-0.39, 0.29) is 5.60 Å². The Morgan fingerprint density at radius 2 is 2.13 bits per heavy atom. The van der Waals surface area contributed by atoms with Crippen LogP contribution >= 0.6 is 0 Å². The molecule has 0 bridgehead atoms. The third kappa shape index (κ3) is 5.50. The Bertz CT molecular complexity index is 177.